The van der Waals surface area contributed by atoms with Crippen molar-refractivity contribution < 1.29 is 0 Å². The number of aromatic amines is 1. The zero-order valence-electron chi connectivity index (χ0n) is 10.7. The number of benzene rings is 2. The minimum Gasteiger partial charge on any atom is -0.386 e. The number of hydrogen-bond donors (Lipinski definition) is 2. The highest BCUT2D eigenvalue weighted by atomic mass is 35.5. The first kappa shape index (κ1) is 12.7. The number of nitrogens with zero attached hydrogens (tertiary/aromatic N) is 2. The van der Waals surface area contributed by atoms with E-state index in [1.54, 1.807) is 0 Å². The number of amidine groups is 1. The maximum Gasteiger partial charge on any atom is 0.140 e. The van der Waals surface area contributed by atoms with Gasteiger partial charge in [0.2, 0.25) is 0 Å². The van der Waals surface area contributed by atoms with Crippen molar-refractivity contribution in [2.45, 2.75) is 0 Å². The first-order chi connectivity index (χ1) is 9.78. The Morgan fingerprint density at radius 3 is 2.70 bits per heavy atom. The number of para-hydroxylation sites is 3. The number of H-pyrrole nitrogens is 1. The lowest BCUT2D eigenvalue weighted by atomic mass is 10.1. The molecule has 100 valence electrons. The predicted octanol–water partition coefficient (Wildman–Crippen LogP) is 3.46. The van der Waals surface area contributed by atoms with Crippen LogP contribution in [-0.2, 0) is 0 Å². The van der Waals surface area contributed by atoms with Gasteiger partial charge in [-0.15, -0.1) is 11.6 Å². The van der Waals surface area contributed by atoms with E-state index in [-0.39, 0.29) is 5.88 Å². The van der Waals surface area contributed by atoms with Crippen LogP contribution in [0.2, 0.25) is 0 Å². The summed E-state index contributed by atoms with van der Waals surface area (Å²) in [7, 11) is 0. The molecule has 4 nitrogen and oxygen atoms in total. The van der Waals surface area contributed by atoms with Crippen LogP contribution in [-0.4, -0.2) is 21.7 Å². The van der Waals surface area contributed by atoms with Crippen molar-refractivity contribution in [3.8, 4) is 11.4 Å². The molecule has 0 aliphatic carbocycles. The van der Waals surface area contributed by atoms with Crippen LogP contribution in [0.5, 0.6) is 0 Å². The molecular formula is C15H13ClN4. The highest BCUT2D eigenvalue weighted by Gasteiger charge is 2.09. The molecule has 0 aliphatic rings. The van der Waals surface area contributed by atoms with Crippen LogP contribution in [0.15, 0.2) is 53.5 Å². The van der Waals surface area contributed by atoms with Gasteiger partial charge < -0.3 is 10.7 Å². The Morgan fingerprint density at radius 2 is 1.90 bits per heavy atom. The van der Waals surface area contributed by atoms with Gasteiger partial charge in [-0.3, -0.25) is 0 Å². The van der Waals surface area contributed by atoms with Gasteiger partial charge in [0.25, 0.3) is 0 Å². The fourth-order valence-corrected chi connectivity index (χ4v) is 2.10. The summed E-state index contributed by atoms with van der Waals surface area (Å²) in [4.78, 5) is 12.2. The average Bonchev–Trinajstić information content (AvgIpc) is 2.91. The zero-order valence-corrected chi connectivity index (χ0v) is 11.4. The Bertz CT molecular complexity index is 743. The maximum atomic E-state index is 5.71. The number of imidazole rings is 1. The molecular weight excluding hydrogens is 272 g/mol. The first-order valence-electron chi connectivity index (χ1n) is 6.21. The van der Waals surface area contributed by atoms with E-state index in [2.05, 4.69) is 15.0 Å². The van der Waals surface area contributed by atoms with Crippen LogP contribution in [0.4, 0.5) is 5.69 Å². The minimum atomic E-state index is 0.203. The van der Waals surface area contributed by atoms with Gasteiger partial charge in [0.15, 0.2) is 0 Å². The highest BCUT2D eigenvalue weighted by molar-refractivity contribution is 6.28. The largest absolute Gasteiger partial charge is 0.386 e. The smallest absolute Gasteiger partial charge is 0.140 e. The van der Waals surface area contributed by atoms with Gasteiger partial charge in [-0.1, -0.05) is 24.3 Å². The van der Waals surface area contributed by atoms with E-state index in [4.69, 9.17) is 17.3 Å². The van der Waals surface area contributed by atoms with Crippen molar-refractivity contribution in [2.75, 3.05) is 5.88 Å². The second-order valence-electron chi connectivity index (χ2n) is 4.36. The third-order valence-corrected chi connectivity index (χ3v) is 3.22. The van der Waals surface area contributed by atoms with Crippen LogP contribution in [0.25, 0.3) is 22.4 Å². The number of halogens is 1. The van der Waals surface area contributed by atoms with E-state index >= 15 is 0 Å². The topological polar surface area (TPSA) is 67.1 Å². The van der Waals surface area contributed by atoms with E-state index < -0.39 is 0 Å². The van der Waals surface area contributed by atoms with Gasteiger partial charge >= 0.3 is 0 Å². The first-order valence-corrected chi connectivity index (χ1v) is 6.74. The Kier molecular flexibility index (Phi) is 3.39. The fraction of sp³-hybridized carbons (Fsp3) is 0.0667. The number of hydrogen-bond acceptors (Lipinski definition) is 2. The van der Waals surface area contributed by atoms with Crippen molar-refractivity contribution in [3.63, 3.8) is 0 Å². The van der Waals surface area contributed by atoms with E-state index in [1.165, 1.54) is 0 Å². The number of rotatable bonds is 3. The van der Waals surface area contributed by atoms with Crippen LogP contribution in [0, 0.1) is 0 Å². The number of aliphatic imine (C=N–C) groups is 1. The summed E-state index contributed by atoms with van der Waals surface area (Å²) in [5.74, 6) is 1.36. The number of aromatic nitrogens is 2. The van der Waals surface area contributed by atoms with Crippen LogP contribution in [0.3, 0.4) is 0 Å². The SMILES string of the molecule is NC(CCl)=Nc1ccccc1-c1nc2ccccc2[nH]1. The lowest BCUT2D eigenvalue weighted by Gasteiger charge is -2.03. The summed E-state index contributed by atoms with van der Waals surface area (Å²) in [6, 6.07) is 15.6. The Hall–Kier alpha value is -2.33. The van der Waals surface area contributed by atoms with Gasteiger partial charge in [-0.05, 0) is 24.3 Å². The molecule has 2 aromatic carbocycles. The molecule has 5 heteroatoms. The number of alkyl halides is 1. The summed E-state index contributed by atoms with van der Waals surface area (Å²) in [5, 5.41) is 0. The van der Waals surface area contributed by atoms with E-state index in [0.29, 0.717) is 5.84 Å². The van der Waals surface area contributed by atoms with Gasteiger partial charge in [0, 0.05) is 5.56 Å². The van der Waals surface area contributed by atoms with Crippen LogP contribution in [0.1, 0.15) is 0 Å². The Balaban J connectivity index is 2.14. The lowest BCUT2D eigenvalue weighted by molar-refractivity contribution is 1.32. The molecule has 0 unspecified atom stereocenters. The molecule has 1 aromatic heterocycles. The summed E-state index contributed by atoms with van der Waals surface area (Å²) in [6.45, 7) is 0. The number of nitrogens with one attached hydrogen (secondary N) is 1. The standard InChI is InChI=1S/C15H13ClN4/c16-9-14(17)18-11-6-2-1-5-10(11)15-19-12-7-3-4-8-13(12)20-15/h1-8H,9H2,(H2,17,18)(H,19,20). The summed E-state index contributed by atoms with van der Waals surface area (Å²) in [5.41, 5.74) is 9.28. The van der Waals surface area contributed by atoms with Gasteiger partial charge in [0.05, 0.1) is 22.6 Å². The van der Waals surface area contributed by atoms with Crippen molar-refractivity contribution in [3.05, 3.63) is 48.5 Å². The van der Waals surface area contributed by atoms with E-state index in [1.807, 2.05) is 48.5 Å². The van der Waals surface area contributed by atoms with Crippen molar-refractivity contribution >= 4 is 34.2 Å². The molecule has 3 rings (SSSR count). The molecule has 0 atom stereocenters. The zero-order chi connectivity index (χ0) is 13.9. The third-order valence-electron chi connectivity index (χ3n) is 2.95. The molecule has 3 N–H and O–H groups in total. The molecule has 0 spiro atoms. The molecule has 3 aromatic rings. The molecule has 0 aliphatic heterocycles. The monoisotopic (exact) mass is 284 g/mol. The quantitative estimate of drug-likeness (QED) is 0.439. The van der Waals surface area contributed by atoms with Gasteiger partial charge in [0.1, 0.15) is 11.7 Å². The summed E-state index contributed by atoms with van der Waals surface area (Å²) >= 11 is 5.69. The molecule has 20 heavy (non-hydrogen) atoms. The molecule has 0 saturated carbocycles. The summed E-state index contributed by atoms with van der Waals surface area (Å²) < 4.78 is 0. The molecule has 0 radical (unpaired) electrons. The highest BCUT2D eigenvalue weighted by Crippen LogP contribution is 2.29. The molecule has 0 saturated heterocycles. The molecule has 0 amide bonds. The van der Waals surface area contributed by atoms with Crippen LogP contribution >= 0.6 is 11.6 Å². The third kappa shape index (κ3) is 2.38. The van der Waals surface area contributed by atoms with E-state index in [9.17, 15) is 0 Å². The van der Waals surface area contributed by atoms with Crippen molar-refractivity contribution in [1.82, 2.24) is 9.97 Å². The van der Waals surface area contributed by atoms with Crippen molar-refractivity contribution in [2.24, 2.45) is 10.7 Å². The predicted molar refractivity (Wildman–Crippen MR) is 83.5 cm³/mol. The second kappa shape index (κ2) is 5.35. The normalized spacial score (nSPS) is 11.9. The minimum absolute atomic E-state index is 0.203. The maximum absolute atomic E-state index is 5.71. The molecule has 0 bridgehead atoms. The number of nitrogens with two attached hydrogens (primary N) is 1. The average molecular weight is 285 g/mol. The second-order valence-corrected chi connectivity index (χ2v) is 4.62. The van der Waals surface area contributed by atoms with Crippen LogP contribution < -0.4 is 5.73 Å². The van der Waals surface area contributed by atoms with Gasteiger partial charge in [-0.25, -0.2) is 9.98 Å². The Morgan fingerprint density at radius 1 is 1.15 bits per heavy atom. The van der Waals surface area contributed by atoms with Crippen molar-refractivity contribution in [1.29, 1.82) is 0 Å². The molecule has 0 fully saturated rings. The van der Waals surface area contributed by atoms with Gasteiger partial charge in [-0.2, -0.15) is 0 Å². The number of fused-ring (bicyclic) bond motifs is 1. The fourth-order valence-electron chi connectivity index (χ4n) is 2.04. The molecule has 1 heterocycles. The Labute approximate surface area is 121 Å². The van der Waals surface area contributed by atoms with E-state index in [0.717, 1.165) is 28.1 Å². The summed E-state index contributed by atoms with van der Waals surface area (Å²) in [6.07, 6.45) is 0. The lowest BCUT2D eigenvalue weighted by Crippen LogP contribution is -2.12.